The van der Waals surface area contributed by atoms with E-state index in [1.165, 1.54) is 22.3 Å². The van der Waals surface area contributed by atoms with Gasteiger partial charge in [0.2, 0.25) is 5.91 Å². The molecule has 4 nitrogen and oxygen atoms in total. The predicted octanol–water partition coefficient (Wildman–Crippen LogP) is 3.97. The van der Waals surface area contributed by atoms with Crippen molar-refractivity contribution < 1.29 is 9.53 Å². The molecule has 0 saturated carbocycles. The Morgan fingerprint density at radius 3 is 2.66 bits per heavy atom. The number of likely N-dealkylation sites (tertiary alicyclic amines) is 2. The molecule has 0 N–H and O–H groups in total. The summed E-state index contributed by atoms with van der Waals surface area (Å²) in [5.41, 5.74) is 5.25. The third-order valence-corrected chi connectivity index (χ3v) is 6.49. The van der Waals surface area contributed by atoms with Gasteiger partial charge in [0, 0.05) is 38.7 Å². The molecule has 2 aliphatic heterocycles. The lowest BCUT2D eigenvalue weighted by molar-refractivity contribution is -0.137. The van der Waals surface area contributed by atoms with Crippen molar-refractivity contribution >= 4 is 5.91 Å². The molecule has 4 heteroatoms. The minimum atomic E-state index is 0.125. The van der Waals surface area contributed by atoms with E-state index in [0.717, 1.165) is 26.2 Å². The van der Waals surface area contributed by atoms with Crippen LogP contribution in [-0.4, -0.2) is 48.6 Å². The monoisotopic (exact) mass is 392 g/mol. The highest BCUT2D eigenvalue weighted by Gasteiger charge is 2.49. The summed E-state index contributed by atoms with van der Waals surface area (Å²) in [4.78, 5) is 17.6. The van der Waals surface area contributed by atoms with Gasteiger partial charge in [-0.05, 0) is 43.4 Å². The first kappa shape index (κ1) is 20.1. The van der Waals surface area contributed by atoms with Crippen LogP contribution in [0.1, 0.15) is 35.2 Å². The Labute approximate surface area is 174 Å². The summed E-state index contributed by atoms with van der Waals surface area (Å²) in [6.07, 6.45) is 0. The van der Waals surface area contributed by atoms with E-state index in [1.807, 2.05) is 6.92 Å². The average molecular weight is 393 g/mol. The van der Waals surface area contributed by atoms with Gasteiger partial charge in [-0.3, -0.25) is 9.69 Å². The second-order valence-electron chi connectivity index (χ2n) is 8.59. The number of hydrogen-bond donors (Lipinski definition) is 0. The third kappa shape index (κ3) is 4.24. The van der Waals surface area contributed by atoms with Crippen LogP contribution in [0.2, 0.25) is 0 Å². The van der Waals surface area contributed by atoms with Crippen molar-refractivity contribution in [1.29, 1.82) is 0 Å². The van der Waals surface area contributed by atoms with E-state index in [1.54, 1.807) is 0 Å². The summed E-state index contributed by atoms with van der Waals surface area (Å²) < 4.78 is 5.45. The lowest BCUT2D eigenvalue weighted by atomic mass is 9.87. The first-order valence-corrected chi connectivity index (χ1v) is 10.8. The van der Waals surface area contributed by atoms with Gasteiger partial charge in [-0.25, -0.2) is 0 Å². The van der Waals surface area contributed by atoms with E-state index in [9.17, 15) is 4.79 Å². The molecule has 2 saturated heterocycles. The van der Waals surface area contributed by atoms with Crippen LogP contribution in [0.5, 0.6) is 0 Å². The molecule has 0 radical (unpaired) electrons. The van der Waals surface area contributed by atoms with Crippen LogP contribution < -0.4 is 0 Å². The highest BCUT2D eigenvalue weighted by Crippen LogP contribution is 2.46. The average Bonchev–Trinajstić information content (AvgIpc) is 3.24. The Morgan fingerprint density at radius 2 is 1.90 bits per heavy atom. The number of hydrogen-bond acceptors (Lipinski definition) is 3. The number of benzene rings is 2. The molecule has 4 rings (SSSR count). The van der Waals surface area contributed by atoms with E-state index in [2.05, 4.69) is 72.2 Å². The maximum absolute atomic E-state index is 12.9. The molecule has 0 unspecified atom stereocenters. The van der Waals surface area contributed by atoms with Crippen LogP contribution in [0.4, 0.5) is 0 Å². The molecule has 0 aromatic heterocycles. The number of carbonyl (C=O) groups excluding carboxylic acids is 1. The van der Waals surface area contributed by atoms with Crippen LogP contribution in [0, 0.1) is 25.7 Å². The minimum absolute atomic E-state index is 0.125. The number of nitrogens with zero attached hydrogens (tertiary/aromatic N) is 2. The molecule has 0 spiro atoms. The van der Waals surface area contributed by atoms with E-state index in [0.29, 0.717) is 18.4 Å². The molecule has 0 aliphatic carbocycles. The maximum atomic E-state index is 12.9. The standard InChI is InChI=1S/C25H32N2O2/c1-4-29-17-24(28)27-15-21-14-26(13-20-10-7-8-18(2)12-20)16-23(21)25(27)22-11-6-5-9-19(22)3/h5-12,21,23,25H,4,13-17H2,1-3H3/t21-,23-,25+/m0/s1. The van der Waals surface area contributed by atoms with Gasteiger partial charge in [0.25, 0.3) is 0 Å². The number of fused-ring (bicyclic) bond motifs is 1. The van der Waals surface area contributed by atoms with Crippen LogP contribution in [0.25, 0.3) is 0 Å². The lowest BCUT2D eigenvalue weighted by Crippen LogP contribution is -2.38. The lowest BCUT2D eigenvalue weighted by Gasteiger charge is -2.31. The largest absolute Gasteiger partial charge is 0.372 e. The van der Waals surface area contributed by atoms with Gasteiger partial charge in [-0.2, -0.15) is 0 Å². The molecule has 2 aliphatic rings. The van der Waals surface area contributed by atoms with Crippen molar-refractivity contribution in [3.63, 3.8) is 0 Å². The van der Waals surface area contributed by atoms with Gasteiger partial charge < -0.3 is 9.64 Å². The maximum Gasteiger partial charge on any atom is 0.249 e. The van der Waals surface area contributed by atoms with Crippen LogP contribution in [0.15, 0.2) is 48.5 Å². The molecule has 2 aromatic carbocycles. The molecule has 154 valence electrons. The zero-order valence-corrected chi connectivity index (χ0v) is 17.8. The first-order chi connectivity index (χ1) is 14.1. The Kier molecular flexibility index (Phi) is 6.02. The fourth-order valence-electron chi connectivity index (χ4n) is 5.18. The Bertz CT molecular complexity index is 865. The second kappa shape index (κ2) is 8.68. The van der Waals surface area contributed by atoms with Gasteiger partial charge in [0.15, 0.2) is 0 Å². The first-order valence-electron chi connectivity index (χ1n) is 10.8. The molecule has 3 atom stereocenters. The molecule has 1 amide bonds. The van der Waals surface area contributed by atoms with Gasteiger partial charge in [0.1, 0.15) is 6.61 Å². The number of ether oxygens (including phenoxy) is 1. The van der Waals surface area contributed by atoms with Crippen molar-refractivity contribution in [2.45, 2.75) is 33.4 Å². The molecule has 2 fully saturated rings. The fourth-order valence-corrected chi connectivity index (χ4v) is 5.18. The van der Waals surface area contributed by atoms with Gasteiger partial charge in [-0.1, -0.05) is 54.1 Å². The van der Waals surface area contributed by atoms with E-state index in [-0.39, 0.29) is 18.6 Å². The summed E-state index contributed by atoms with van der Waals surface area (Å²) in [6.45, 7) is 10.9. The molecule has 2 aromatic rings. The fraction of sp³-hybridized carbons (Fsp3) is 0.480. The molecule has 0 bridgehead atoms. The Hall–Kier alpha value is -2.17. The number of carbonyl (C=O) groups is 1. The van der Waals surface area contributed by atoms with E-state index in [4.69, 9.17) is 4.74 Å². The minimum Gasteiger partial charge on any atom is -0.372 e. The van der Waals surface area contributed by atoms with Crippen molar-refractivity contribution in [1.82, 2.24) is 9.80 Å². The van der Waals surface area contributed by atoms with Crippen molar-refractivity contribution in [2.75, 3.05) is 32.8 Å². The molecular formula is C25H32N2O2. The van der Waals surface area contributed by atoms with Gasteiger partial charge in [0.05, 0.1) is 6.04 Å². The molecule has 29 heavy (non-hydrogen) atoms. The molecular weight excluding hydrogens is 360 g/mol. The zero-order valence-electron chi connectivity index (χ0n) is 17.8. The third-order valence-electron chi connectivity index (χ3n) is 6.49. The highest BCUT2D eigenvalue weighted by atomic mass is 16.5. The van der Waals surface area contributed by atoms with Gasteiger partial charge in [-0.15, -0.1) is 0 Å². The zero-order chi connectivity index (χ0) is 20.4. The van der Waals surface area contributed by atoms with E-state index >= 15 is 0 Å². The van der Waals surface area contributed by atoms with Crippen LogP contribution >= 0.6 is 0 Å². The van der Waals surface area contributed by atoms with Crippen molar-refractivity contribution in [3.05, 3.63) is 70.8 Å². The van der Waals surface area contributed by atoms with Crippen LogP contribution in [0.3, 0.4) is 0 Å². The highest BCUT2D eigenvalue weighted by molar-refractivity contribution is 5.78. The van der Waals surface area contributed by atoms with Crippen molar-refractivity contribution in [2.24, 2.45) is 11.8 Å². The van der Waals surface area contributed by atoms with Gasteiger partial charge >= 0.3 is 0 Å². The smallest absolute Gasteiger partial charge is 0.249 e. The number of rotatable bonds is 6. The summed E-state index contributed by atoms with van der Waals surface area (Å²) >= 11 is 0. The summed E-state index contributed by atoms with van der Waals surface area (Å²) in [7, 11) is 0. The summed E-state index contributed by atoms with van der Waals surface area (Å²) in [5.74, 6) is 1.13. The second-order valence-corrected chi connectivity index (χ2v) is 8.59. The summed E-state index contributed by atoms with van der Waals surface area (Å²) in [5, 5.41) is 0. The van der Waals surface area contributed by atoms with Crippen molar-refractivity contribution in [3.8, 4) is 0 Å². The van der Waals surface area contributed by atoms with Crippen LogP contribution in [-0.2, 0) is 16.1 Å². The molecule has 2 heterocycles. The SMILES string of the molecule is CCOCC(=O)N1C[C@@H]2CN(Cc3cccc(C)c3)C[C@@H]2[C@H]1c1ccccc1C. The summed E-state index contributed by atoms with van der Waals surface area (Å²) in [6, 6.07) is 17.5. The number of aryl methyl sites for hydroxylation is 2. The normalized spacial score (nSPS) is 24.1. The Morgan fingerprint density at radius 1 is 1.07 bits per heavy atom. The topological polar surface area (TPSA) is 32.8 Å². The predicted molar refractivity (Wildman–Crippen MR) is 116 cm³/mol. The van der Waals surface area contributed by atoms with E-state index < -0.39 is 0 Å². The number of amides is 1. The Balaban J connectivity index is 1.55. The quantitative estimate of drug-likeness (QED) is 0.746.